The molecular formula is C21H21ClN2O. The molecule has 0 radical (unpaired) electrons. The van der Waals surface area contributed by atoms with Gasteiger partial charge in [0, 0.05) is 16.4 Å². The van der Waals surface area contributed by atoms with Crippen molar-refractivity contribution in [2.75, 3.05) is 0 Å². The van der Waals surface area contributed by atoms with Gasteiger partial charge in [0.2, 0.25) is 6.08 Å². The largest absolute Gasteiger partial charge is 0.240 e. The lowest BCUT2D eigenvalue weighted by Crippen LogP contribution is -2.52. The van der Waals surface area contributed by atoms with E-state index in [9.17, 15) is 10.1 Å². The molecule has 0 unspecified atom stereocenters. The van der Waals surface area contributed by atoms with Gasteiger partial charge in [-0.15, -0.1) is 18.2 Å². The van der Waals surface area contributed by atoms with Gasteiger partial charge in [0.15, 0.2) is 0 Å². The predicted molar refractivity (Wildman–Crippen MR) is 100 cm³/mol. The Morgan fingerprint density at radius 1 is 1.36 bits per heavy atom. The third-order valence-electron chi connectivity index (χ3n) is 6.14. The molecule has 2 aliphatic rings. The van der Waals surface area contributed by atoms with Crippen LogP contribution in [-0.2, 0) is 4.79 Å². The summed E-state index contributed by atoms with van der Waals surface area (Å²) in [4.78, 5) is 14.7. The minimum atomic E-state index is -0.479. The number of hydrogen-bond donors (Lipinski definition) is 0. The molecule has 0 spiro atoms. The number of nitriles is 1. The summed E-state index contributed by atoms with van der Waals surface area (Å²) >= 11 is 6.68. The number of isocyanates is 1. The molecule has 0 aromatic heterocycles. The maximum atomic E-state index is 10.8. The van der Waals surface area contributed by atoms with E-state index in [-0.39, 0.29) is 22.6 Å². The van der Waals surface area contributed by atoms with Crippen LogP contribution in [0.5, 0.6) is 0 Å². The Bertz CT molecular complexity index is 857. The van der Waals surface area contributed by atoms with Crippen LogP contribution in [0.1, 0.15) is 32.8 Å². The molecule has 4 atom stereocenters. The molecule has 0 amide bonds. The minimum absolute atomic E-state index is 0.130. The molecule has 0 N–H and O–H groups in total. The quantitative estimate of drug-likeness (QED) is 0.316. The lowest BCUT2D eigenvalue weighted by atomic mass is 9.46. The topological polar surface area (TPSA) is 53.2 Å². The third kappa shape index (κ3) is 2.33. The Morgan fingerprint density at radius 3 is 2.64 bits per heavy atom. The molecular weight excluding hydrogens is 332 g/mol. The number of aliphatic imine (C=N–C) groups is 1. The van der Waals surface area contributed by atoms with E-state index in [1.807, 2.05) is 31.2 Å². The van der Waals surface area contributed by atoms with Crippen molar-refractivity contribution in [3.8, 4) is 6.07 Å². The van der Waals surface area contributed by atoms with Crippen molar-refractivity contribution in [2.24, 2.45) is 27.7 Å². The molecule has 1 aromatic carbocycles. The number of halogens is 1. The molecule has 3 nitrogen and oxygen atoms in total. The van der Waals surface area contributed by atoms with Crippen LogP contribution in [0.2, 0.25) is 0 Å². The fraction of sp³-hybridized carbons (Fsp3) is 0.429. The first kappa shape index (κ1) is 17.7. The van der Waals surface area contributed by atoms with Crippen molar-refractivity contribution >= 4 is 28.9 Å². The number of rotatable bonds is 3. The second-order valence-electron chi connectivity index (χ2n) is 7.66. The number of carbonyl (C=O) groups excluding carboxylic acids is 1. The fourth-order valence-electron chi connectivity index (χ4n) is 4.56. The number of allylic oxidation sites excluding steroid dienone is 3. The van der Waals surface area contributed by atoms with Gasteiger partial charge in [0.25, 0.3) is 0 Å². The predicted octanol–water partition coefficient (Wildman–Crippen LogP) is 5.41. The van der Waals surface area contributed by atoms with Gasteiger partial charge in [0.1, 0.15) is 0 Å². The van der Waals surface area contributed by atoms with Gasteiger partial charge in [-0.1, -0.05) is 45.0 Å². The van der Waals surface area contributed by atoms with Crippen molar-refractivity contribution in [1.29, 1.82) is 5.26 Å². The van der Waals surface area contributed by atoms with E-state index in [0.29, 0.717) is 5.69 Å². The Kier molecular flexibility index (Phi) is 4.23. The Morgan fingerprint density at radius 2 is 2.04 bits per heavy atom. The van der Waals surface area contributed by atoms with E-state index < -0.39 is 5.41 Å². The lowest BCUT2D eigenvalue weighted by Gasteiger charge is -2.58. The summed E-state index contributed by atoms with van der Waals surface area (Å²) in [5.74, 6) is -0.0847. The molecule has 128 valence electrons. The summed E-state index contributed by atoms with van der Waals surface area (Å²) < 4.78 is 0. The van der Waals surface area contributed by atoms with Crippen LogP contribution in [0.15, 0.2) is 47.5 Å². The average Bonchev–Trinajstić information content (AvgIpc) is 2.59. The maximum absolute atomic E-state index is 10.8. The SMILES string of the molecule is C=C[C@]1(C)[C@H](Cl)C[C@H]2C(=C(c3ccccc3N=C=O)C2(C)C)[C@@H]1C#N. The third-order valence-corrected chi connectivity index (χ3v) is 6.79. The standard InChI is InChI=1S/C21H21ClN2O/c1-5-21(4)15(11-23)18-14(10-17(21)22)20(2,3)19(18)13-8-6-7-9-16(13)24-12-25/h5-9,14-15,17H,1,10H2,2-4H3/t14-,15-,17+,21-/m0/s1. The van der Waals surface area contributed by atoms with Gasteiger partial charge in [0.05, 0.1) is 17.7 Å². The van der Waals surface area contributed by atoms with Crippen molar-refractivity contribution in [1.82, 2.24) is 0 Å². The maximum Gasteiger partial charge on any atom is 0.240 e. The number of fused-ring (bicyclic) bond motifs is 1. The van der Waals surface area contributed by atoms with Gasteiger partial charge in [-0.05, 0) is 35.0 Å². The minimum Gasteiger partial charge on any atom is -0.211 e. The van der Waals surface area contributed by atoms with E-state index in [1.54, 1.807) is 12.1 Å². The van der Waals surface area contributed by atoms with Gasteiger partial charge >= 0.3 is 0 Å². The number of nitrogens with zero attached hydrogens (tertiary/aromatic N) is 2. The second-order valence-corrected chi connectivity index (χ2v) is 8.19. The number of hydrogen-bond acceptors (Lipinski definition) is 3. The van der Waals surface area contributed by atoms with Crippen LogP contribution in [-0.4, -0.2) is 11.5 Å². The molecule has 4 heteroatoms. The van der Waals surface area contributed by atoms with Crippen LogP contribution in [0, 0.1) is 34.0 Å². The zero-order valence-electron chi connectivity index (χ0n) is 14.7. The van der Waals surface area contributed by atoms with Crippen molar-refractivity contribution in [3.05, 3.63) is 48.1 Å². The molecule has 25 heavy (non-hydrogen) atoms. The van der Waals surface area contributed by atoms with E-state index in [2.05, 4.69) is 31.5 Å². The van der Waals surface area contributed by atoms with Crippen LogP contribution < -0.4 is 0 Å². The number of benzene rings is 1. The van der Waals surface area contributed by atoms with E-state index in [4.69, 9.17) is 11.6 Å². The molecule has 2 aliphatic carbocycles. The summed E-state index contributed by atoms with van der Waals surface area (Å²) in [6.45, 7) is 10.3. The molecule has 1 fully saturated rings. The highest BCUT2D eigenvalue weighted by Crippen LogP contribution is 2.67. The van der Waals surface area contributed by atoms with Crippen LogP contribution in [0.3, 0.4) is 0 Å². The lowest BCUT2D eigenvalue weighted by molar-refractivity contribution is 0.153. The van der Waals surface area contributed by atoms with Gasteiger partial charge in [-0.25, -0.2) is 4.79 Å². The second kappa shape index (κ2) is 5.99. The first-order chi connectivity index (χ1) is 11.8. The summed E-state index contributed by atoms with van der Waals surface area (Å²) in [7, 11) is 0. The summed E-state index contributed by atoms with van der Waals surface area (Å²) in [5.41, 5.74) is 3.12. The highest BCUT2D eigenvalue weighted by molar-refractivity contribution is 6.21. The van der Waals surface area contributed by atoms with Gasteiger partial charge < -0.3 is 0 Å². The zero-order chi connectivity index (χ0) is 18.4. The van der Waals surface area contributed by atoms with E-state index >= 15 is 0 Å². The Labute approximate surface area is 153 Å². The summed E-state index contributed by atoms with van der Waals surface area (Å²) in [6, 6.07) is 10.0. The van der Waals surface area contributed by atoms with Crippen molar-refractivity contribution in [2.45, 2.75) is 32.6 Å². The fourth-order valence-corrected chi connectivity index (χ4v) is 4.96. The average molecular weight is 353 g/mol. The Hall–Kier alpha value is -2.14. The highest BCUT2D eigenvalue weighted by atomic mass is 35.5. The van der Waals surface area contributed by atoms with E-state index in [1.165, 1.54) is 0 Å². The van der Waals surface area contributed by atoms with Gasteiger partial charge in [-0.3, -0.25) is 0 Å². The summed E-state index contributed by atoms with van der Waals surface area (Å²) in [5, 5.41) is 9.80. The molecule has 0 bridgehead atoms. The molecule has 0 heterocycles. The summed E-state index contributed by atoms with van der Waals surface area (Å²) in [6.07, 6.45) is 4.27. The van der Waals surface area contributed by atoms with Crippen molar-refractivity contribution in [3.63, 3.8) is 0 Å². The van der Waals surface area contributed by atoms with Gasteiger partial charge in [-0.2, -0.15) is 10.3 Å². The van der Waals surface area contributed by atoms with E-state index in [0.717, 1.165) is 23.1 Å². The molecule has 0 saturated heterocycles. The smallest absolute Gasteiger partial charge is 0.211 e. The molecule has 1 saturated carbocycles. The van der Waals surface area contributed by atoms with Crippen LogP contribution in [0.4, 0.5) is 5.69 Å². The number of para-hydroxylation sites is 1. The van der Waals surface area contributed by atoms with Crippen LogP contribution >= 0.6 is 11.6 Å². The molecule has 0 aliphatic heterocycles. The highest BCUT2D eigenvalue weighted by Gasteiger charge is 2.59. The van der Waals surface area contributed by atoms with Crippen LogP contribution in [0.25, 0.3) is 5.57 Å². The molecule has 1 aromatic rings. The number of alkyl halides is 1. The molecule has 3 rings (SSSR count). The zero-order valence-corrected chi connectivity index (χ0v) is 15.5. The first-order valence-electron chi connectivity index (χ1n) is 8.42. The first-order valence-corrected chi connectivity index (χ1v) is 8.85. The van der Waals surface area contributed by atoms with Crippen molar-refractivity contribution < 1.29 is 4.79 Å². The monoisotopic (exact) mass is 352 g/mol. The normalized spacial score (nSPS) is 32.7. The Balaban J connectivity index is 2.28.